The molecule has 2 nitrogen and oxygen atoms in total. The van der Waals surface area contributed by atoms with Gasteiger partial charge in [-0.05, 0) is 62.5 Å². The minimum absolute atomic E-state index is 0.0329. The van der Waals surface area contributed by atoms with E-state index < -0.39 is 0 Å². The van der Waals surface area contributed by atoms with Crippen molar-refractivity contribution in [3.63, 3.8) is 0 Å². The van der Waals surface area contributed by atoms with Gasteiger partial charge in [0.25, 0.3) is 0 Å². The van der Waals surface area contributed by atoms with Crippen molar-refractivity contribution in [2.24, 2.45) is 0 Å². The van der Waals surface area contributed by atoms with Crippen LogP contribution in [0.25, 0.3) is 0 Å². The molecule has 0 heterocycles. The van der Waals surface area contributed by atoms with Crippen LogP contribution in [-0.4, -0.2) is 10.2 Å². The van der Waals surface area contributed by atoms with Crippen LogP contribution >= 0.6 is 0 Å². The minimum Gasteiger partial charge on any atom is -0.507 e. The number of phenolic OH excluding ortho intramolecular Hbond substituents is 2. The fraction of sp³-hybridized carbons (Fsp3) is 0.571. The maximum Gasteiger partial charge on any atom is 0.122 e. The van der Waals surface area contributed by atoms with Crippen LogP contribution in [0.15, 0.2) is 24.3 Å². The van der Waals surface area contributed by atoms with Crippen LogP contribution in [0, 0.1) is 13.8 Å². The highest BCUT2D eigenvalue weighted by atomic mass is 16.3. The van der Waals surface area contributed by atoms with Crippen LogP contribution in [0.3, 0.4) is 0 Å². The van der Waals surface area contributed by atoms with Gasteiger partial charge in [-0.3, -0.25) is 0 Å². The van der Waals surface area contributed by atoms with Crippen LogP contribution in [-0.2, 0) is 0 Å². The van der Waals surface area contributed by atoms with Gasteiger partial charge in [0.05, 0.1) is 0 Å². The highest BCUT2D eigenvalue weighted by molar-refractivity contribution is 5.54. The monoisotopic (exact) mass is 406 g/mol. The Morgan fingerprint density at radius 3 is 1.37 bits per heavy atom. The third kappa shape index (κ3) is 4.24. The fourth-order valence-electron chi connectivity index (χ4n) is 5.95. The molecule has 0 saturated heterocycles. The first kappa shape index (κ1) is 21.3. The topological polar surface area (TPSA) is 40.5 Å². The first-order valence-electron chi connectivity index (χ1n) is 12.1. The van der Waals surface area contributed by atoms with E-state index in [1.54, 1.807) is 0 Å². The zero-order valence-electron chi connectivity index (χ0n) is 19.0. The molecule has 0 unspecified atom stereocenters. The van der Waals surface area contributed by atoms with Gasteiger partial charge in [0.1, 0.15) is 11.5 Å². The first-order chi connectivity index (χ1) is 14.5. The van der Waals surface area contributed by atoms with E-state index in [9.17, 15) is 10.2 Å². The summed E-state index contributed by atoms with van der Waals surface area (Å²) in [7, 11) is 0. The van der Waals surface area contributed by atoms with Crippen molar-refractivity contribution in [3.05, 3.63) is 57.6 Å². The summed E-state index contributed by atoms with van der Waals surface area (Å²) in [6.07, 6.45) is 12.3. The molecule has 0 aliphatic heterocycles. The summed E-state index contributed by atoms with van der Waals surface area (Å²) in [6, 6.07) is 8.61. The van der Waals surface area contributed by atoms with E-state index >= 15 is 0 Å². The van der Waals surface area contributed by atoms with Crippen LogP contribution in [0.5, 0.6) is 11.5 Å². The molecule has 162 valence electrons. The summed E-state index contributed by atoms with van der Waals surface area (Å²) in [5, 5.41) is 22.6. The molecule has 0 atom stereocenters. The van der Waals surface area contributed by atoms with E-state index in [0.717, 1.165) is 22.3 Å². The Hall–Kier alpha value is -1.96. The highest BCUT2D eigenvalue weighted by Crippen LogP contribution is 2.46. The summed E-state index contributed by atoms with van der Waals surface area (Å²) >= 11 is 0. The van der Waals surface area contributed by atoms with Gasteiger partial charge >= 0.3 is 0 Å². The Morgan fingerprint density at radius 1 is 0.633 bits per heavy atom. The third-order valence-corrected chi connectivity index (χ3v) is 7.65. The molecule has 2 aliphatic carbocycles. The van der Waals surface area contributed by atoms with Gasteiger partial charge in [0.2, 0.25) is 0 Å². The van der Waals surface area contributed by atoms with E-state index in [1.165, 1.54) is 75.3 Å². The van der Waals surface area contributed by atoms with Gasteiger partial charge in [0, 0.05) is 17.0 Å². The second kappa shape index (κ2) is 9.04. The highest BCUT2D eigenvalue weighted by Gasteiger charge is 2.27. The normalized spacial score (nSPS) is 18.8. The molecule has 2 aromatic rings. The number of benzene rings is 2. The van der Waals surface area contributed by atoms with Crippen molar-refractivity contribution in [1.82, 2.24) is 0 Å². The van der Waals surface area contributed by atoms with Crippen molar-refractivity contribution in [3.8, 4) is 11.5 Å². The predicted octanol–water partition coefficient (Wildman–Crippen LogP) is 7.96. The standard InChI is InChI=1S/C28H38O2/c1-18-14-23(27(29)25(16-18)21-10-6-4-7-11-21)20(3)24-15-19(2)17-26(28(24)30)22-12-8-5-9-13-22/h14-17,20-22,29-30H,4-13H2,1-3H3. The number of hydrogen-bond acceptors (Lipinski definition) is 2. The summed E-state index contributed by atoms with van der Waals surface area (Å²) < 4.78 is 0. The molecule has 2 fully saturated rings. The van der Waals surface area contributed by atoms with E-state index in [1.807, 2.05) is 0 Å². The lowest BCUT2D eigenvalue weighted by atomic mass is 9.78. The van der Waals surface area contributed by atoms with Crippen molar-refractivity contribution < 1.29 is 10.2 Å². The first-order valence-corrected chi connectivity index (χ1v) is 12.1. The molecule has 0 amide bonds. The van der Waals surface area contributed by atoms with E-state index in [4.69, 9.17) is 0 Å². The lowest BCUT2D eigenvalue weighted by Crippen LogP contribution is -2.09. The summed E-state index contributed by atoms with van der Waals surface area (Å²) in [4.78, 5) is 0. The molecule has 0 aromatic heterocycles. The molecular weight excluding hydrogens is 368 g/mol. The van der Waals surface area contributed by atoms with Crippen molar-refractivity contribution in [2.75, 3.05) is 0 Å². The molecule has 2 aliphatic rings. The minimum atomic E-state index is -0.0329. The average molecular weight is 407 g/mol. The van der Waals surface area contributed by atoms with Crippen LogP contribution in [0.2, 0.25) is 0 Å². The van der Waals surface area contributed by atoms with Gasteiger partial charge in [-0.25, -0.2) is 0 Å². The van der Waals surface area contributed by atoms with Crippen LogP contribution in [0.1, 0.15) is 122 Å². The number of rotatable bonds is 4. The van der Waals surface area contributed by atoms with Crippen molar-refractivity contribution in [2.45, 2.75) is 103 Å². The number of aryl methyl sites for hydroxylation is 2. The average Bonchev–Trinajstić information content (AvgIpc) is 2.77. The molecular formula is C28H38O2. The van der Waals surface area contributed by atoms with E-state index in [0.29, 0.717) is 23.3 Å². The maximum absolute atomic E-state index is 11.3. The Bertz CT molecular complexity index is 812. The van der Waals surface area contributed by atoms with Gasteiger partial charge in [-0.15, -0.1) is 0 Å². The van der Waals surface area contributed by atoms with Gasteiger partial charge in [0.15, 0.2) is 0 Å². The molecule has 0 radical (unpaired) electrons. The zero-order chi connectivity index (χ0) is 21.3. The SMILES string of the molecule is Cc1cc(C2CCCCC2)c(O)c(C(C)c2cc(C)cc(C3CCCCC3)c2O)c1. The Morgan fingerprint density at radius 2 is 1.00 bits per heavy atom. The summed E-state index contributed by atoms with van der Waals surface area (Å²) in [5.74, 6) is 1.82. The molecule has 0 spiro atoms. The summed E-state index contributed by atoms with van der Waals surface area (Å²) in [5.41, 5.74) is 6.58. The fourth-order valence-corrected chi connectivity index (χ4v) is 5.95. The zero-order valence-corrected chi connectivity index (χ0v) is 19.0. The lowest BCUT2D eigenvalue weighted by molar-refractivity contribution is 0.405. The predicted molar refractivity (Wildman–Crippen MR) is 125 cm³/mol. The van der Waals surface area contributed by atoms with Crippen molar-refractivity contribution in [1.29, 1.82) is 0 Å². The Balaban J connectivity index is 1.73. The quantitative estimate of drug-likeness (QED) is 0.540. The molecule has 4 rings (SSSR count). The molecule has 2 heteroatoms. The second-order valence-corrected chi connectivity index (χ2v) is 9.98. The number of phenols is 2. The van der Waals surface area contributed by atoms with Crippen LogP contribution < -0.4 is 0 Å². The second-order valence-electron chi connectivity index (χ2n) is 9.98. The van der Waals surface area contributed by atoms with E-state index in [-0.39, 0.29) is 5.92 Å². The molecule has 2 aromatic carbocycles. The third-order valence-electron chi connectivity index (χ3n) is 7.65. The molecule has 2 saturated carbocycles. The van der Waals surface area contributed by atoms with Gasteiger partial charge in [-0.2, -0.15) is 0 Å². The molecule has 0 bridgehead atoms. The molecule has 30 heavy (non-hydrogen) atoms. The van der Waals surface area contributed by atoms with Crippen molar-refractivity contribution >= 4 is 0 Å². The smallest absolute Gasteiger partial charge is 0.122 e. The number of aromatic hydroxyl groups is 2. The van der Waals surface area contributed by atoms with E-state index in [2.05, 4.69) is 45.0 Å². The maximum atomic E-state index is 11.3. The van der Waals surface area contributed by atoms with Crippen LogP contribution in [0.4, 0.5) is 0 Å². The largest absolute Gasteiger partial charge is 0.507 e. The number of hydrogen-bond donors (Lipinski definition) is 2. The molecule has 2 N–H and O–H groups in total. The van der Waals surface area contributed by atoms with Gasteiger partial charge < -0.3 is 10.2 Å². The lowest BCUT2D eigenvalue weighted by Gasteiger charge is -2.27. The Kier molecular flexibility index (Phi) is 6.41. The Labute approximate surface area is 182 Å². The summed E-state index contributed by atoms with van der Waals surface area (Å²) in [6.45, 7) is 6.40. The van der Waals surface area contributed by atoms with Gasteiger partial charge in [-0.1, -0.05) is 80.8 Å².